The van der Waals surface area contributed by atoms with Gasteiger partial charge in [-0.15, -0.1) is 0 Å². The molecular weight excluding hydrogens is 317 g/mol. The van der Waals surface area contributed by atoms with Crippen LogP contribution in [0.1, 0.15) is 34.5 Å². The van der Waals surface area contributed by atoms with Crippen molar-refractivity contribution in [1.82, 2.24) is 5.32 Å². The minimum absolute atomic E-state index is 0.207. The highest BCUT2D eigenvalue weighted by Crippen LogP contribution is 2.29. The Morgan fingerprint density at radius 2 is 1.52 bits per heavy atom. The predicted molar refractivity (Wildman–Crippen MR) is 73.7 cm³/mol. The molecule has 2 rings (SSSR count). The van der Waals surface area contributed by atoms with Gasteiger partial charge < -0.3 is 5.32 Å². The fourth-order valence-corrected chi connectivity index (χ4v) is 2.01. The zero-order chi connectivity index (χ0) is 17.2. The molecule has 0 radical (unpaired) electrons. The molecule has 1 N–H and O–H groups in total. The molecule has 2 aromatic rings. The number of hydrogen-bond acceptors (Lipinski definition) is 1. The summed E-state index contributed by atoms with van der Waals surface area (Å²) in [6, 6.07) is 6.03. The number of nitrogens with one attached hydrogen (secondary N) is 1. The Morgan fingerprint density at radius 3 is 2.00 bits per heavy atom. The summed E-state index contributed by atoms with van der Waals surface area (Å²) in [6.07, 6.45) is -4.44. The average molecular weight is 329 g/mol. The first-order valence-corrected chi connectivity index (χ1v) is 6.61. The molecule has 0 fully saturated rings. The van der Waals surface area contributed by atoms with E-state index in [4.69, 9.17) is 0 Å². The van der Waals surface area contributed by atoms with E-state index in [-0.39, 0.29) is 5.56 Å². The lowest BCUT2D eigenvalue weighted by molar-refractivity contribution is -0.137. The van der Waals surface area contributed by atoms with Gasteiger partial charge in [-0.25, -0.2) is 8.78 Å². The molecule has 0 aliphatic carbocycles. The van der Waals surface area contributed by atoms with Crippen LogP contribution < -0.4 is 5.32 Å². The minimum atomic E-state index is -4.44. The van der Waals surface area contributed by atoms with E-state index in [0.717, 1.165) is 24.3 Å². The van der Waals surface area contributed by atoms with Crippen molar-refractivity contribution in [1.29, 1.82) is 0 Å². The summed E-state index contributed by atoms with van der Waals surface area (Å²) in [5.74, 6) is -2.51. The molecule has 0 aliphatic rings. The minimum Gasteiger partial charge on any atom is -0.346 e. The monoisotopic (exact) mass is 329 g/mol. The third-order valence-electron chi connectivity index (χ3n) is 3.21. The van der Waals surface area contributed by atoms with Gasteiger partial charge in [-0.05, 0) is 36.8 Å². The normalized spacial score (nSPS) is 12.8. The van der Waals surface area contributed by atoms with Gasteiger partial charge in [-0.3, -0.25) is 4.79 Å². The highest BCUT2D eigenvalue weighted by atomic mass is 19.4. The van der Waals surface area contributed by atoms with Crippen molar-refractivity contribution in [3.63, 3.8) is 0 Å². The van der Waals surface area contributed by atoms with Gasteiger partial charge in [0.05, 0.1) is 11.6 Å². The first-order valence-electron chi connectivity index (χ1n) is 6.61. The smallest absolute Gasteiger partial charge is 0.346 e. The lowest BCUT2D eigenvalue weighted by Gasteiger charge is -2.15. The lowest BCUT2D eigenvalue weighted by Crippen LogP contribution is -2.26. The van der Waals surface area contributed by atoms with Crippen LogP contribution in [0.2, 0.25) is 0 Å². The van der Waals surface area contributed by atoms with Gasteiger partial charge in [0, 0.05) is 11.6 Å². The highest BCUT2D eigenvalue weighted by molar-refractivity contribution is 5.94. The van der Waals surface area contributed by atoms with Crippen LogP contribution in [0.4, 0.5) is 22.0 Å². The van der Waals surface area contributed by atoms with Gasteiger partial charge in [0.25, 0.3) is 5.91 Å². The van der Waals surface area contributed by atoms with E-state index < -0.39 is 35.3 Å². The highest BCUT2D eigenvalue weighted by Gasteiger charge is 2.30. The molecule has 1 unspecified atom stereocenters. The Bertz CT molecular complexity index is 689. The van der Waals surface area contributed by atoms with Crippen LogP contribution in [-0.2, 0) is 6.18 Å². The van der Waals surface area contributed by atoms with Crippen LogP contribution in [0.15, 0.2) is 42.5 Å². The number of hydrogen-bond donors (Lipinski definition) is 1. The molecule has 0 saturated carbocycles. The van der Waals surface area contributed by atoms with Crippen LogP contribution in [0.3, 0.4) is 0 Å². The van der Waals surface area contributed by atoms with Gasteiger partial charge in [0.1, 0.15) is 11.6 Å². The van der Waals surface area contributed by atoms with E-state index in [1.165, 1.54) is 12.1 Å². The quantitative estimate of drug-likeness (QED) is 0.827. The Balaban J connectivity index is 2.12. The molecular formula is C16H12F5NO. The number of carbonyl (C=O) groups is 1. The maximum Gasteiger partial charge on any atom is 0.416 e. The van der Waals surface area contributed by atoms with Gasteiger partial charge in [0.15, 0.2) is 0 Å². The fraction of sp³-hybridized carbons (Fsp3) is 0.188. The van der Waals surface area contributed by atoms with Crippen molar-refractivity contribution in [2.75, 3.05) is 0 Å². The van der Waals surface area contributed by atoms with E-state index in [2.05, 4.69) is 5.32 Å². The van der Waals surface area contributed by atoms with Crippen molar-refractivity contribution in [3.8, 4) is 0 Å². The molecule has 1 amide bonds. The second-order valence-electron chi connectivity index (χ2n) is 4.97. The molecule has 23 heavy (non-hydrogen) atoms. The van der Waals surface area contributed by atoms with Crippen LogP contribution in [-0.4, -0.2) is 5.91 Å². The predicted octanol–water partition coefficient (Wildman–Crippen LogP) is 4.47. The largest absolute Gasteiger partial charge is 0.416 e. The molecule has 0 heterocycles. The van der Waals surface area contributed by atoms with Crippen molar-refractivity contribution in [3.05, 3.63) is 70.8 Å². The zero-order valence-electron chi connectivity index (χ0n) is 11.9. The Morgan fingerprint density at radius 1 is 1.00 bits per heavy atom. The van der Waals surface area contributed by atoms with Gasteiger partial charge in [-0.2, -0.15) is 13.2 Å². The first-order chi connectivity index (χ1) is 10.7. The molecule has 1 atom stereocenters. The molecule has 2 nitrogen and oxygen atoms in total. The maximum absolute atomic E-state index is 13.1. The number of rotatable bonds is 3. The van der Waals surface area contributed by atoms with Gasteiger partial charge in [-0.1, -0.05) is 12.1 Å². The van der Waals surface area contributed by atoms with Crippen molar-refractivity contribution >= 4 is 5.91 Å². The fourth-order valence-electron chi connectivity index (χ4n) is 2.01. The van der Waals surface area contributed by atoms with Crippen molar-refractivity contribution in [2.45, 2.75) is 19.1 Å². The van der Waals surface area contributed by atoms with Crippen LogP contribution in [0.25, 0.3) is 0 Å². The van der Waals surface area contributed by atoms with Gasteiger partial charge >= 0.3 is 6.18 Å². The van der Waals surface area contributed by atoms with Crippen molar-refractivity contribution < 1.29 is 26.7 Å². The zero-order valence-corrected chi connectivity index (χ0v) is 11.9. The average Bonchev–Trinajstić information content (AvgIpc) is 2.45. The molecule has 0 bridgehead atoms. The Labute approximate surface area is 128 Å². The summed E-state index contributed by atoms with van der Waals surface area (Å²) in [4.78, 5) is 11.9. The van der Waals surface area contributed by atoms with E-state index in [1.54, 1.807) is 6.92 Å². The van der Waals surface area contributed by atoms with Crippen LogP contribution in [0.5, 0.6) is 0 Å². The third kappa shape index (κ3) is 4.28. The van der Waals surface area contributed by atoms with Crippen LogP contribution >= 0.6 is 0 Å². The summed E-state index contributed by atoms with van der Waals surface area (Å²) in [5, 5.41) is 2.47. The van der Waals surface area contributed by atoms with E-state index >= 15 is 0 Å². The first kappa shape index (κ1) is 16.9. The molecule has 0 aromatic heterocycles. The standard InChI is InChI=1S/C16H12F5NO/c1-9(10-2-4-12(5-3-10)16(19,20)21)22-15(23)11-6-13(17)8-14(18)7-11/h2-9H,1H3,(H,22,23). The molecule has 7 heteroatoms. The number of benzene rings is 2. The SMILES string of the molecule is CC(NC(=O)c1cc(F)cc(F)c1)c1ccc(C(F)(F)F)cc1. The maximum atomic E-state index is 13.1. The topological polar surface area (TPSA) is 29.1 Å². The summed E-state index contributed by atoms with van der Waals surface area (Å²) in [5.41, 5.74) is -0.573. The van der Waals surface area contributed by atoms with Crippen LogP contribution in [0, 0.1) is 11.6 Å². The second kappa shape index (κ2) is 6.36. The molecule has 122 valence electrons. The molecule has 2 aromatic carbocycles. The molecule has 0 spiro atoms. The Hall–Kier alpha value is -2.44. The summed E-state index contributed by atoms with van der Waals surface area (Å²) in [6.45, 7) is 1.55. The number of amides is 1. The summed E-state index contributed by atoms with van der Waals surface area (Å²) < 4.78 is 63.6. The van der Waals surface area contributed by atoms with Gasteiger partial charge in [0.2, 0.25) is 0 Å². The number of alkyl halides is 3. The molecule has 0 saturated heterocycles. The van der Waals surface area contributed by atoms with E-state index in [0.29, 0.717) is 11.6 Å². The van der Waals surface area contributed by atoms with Crippen molar-refractivity contribution in [2.24, 2.45) is 0 Å². The summed E-state index contributed by atoms with van der Waals surface area (Å²) >= 11 is 0. The van der Waals surface area contributed by atoms with E-state index in [9.17, 15) is 26.7 Å². The molecule has 0 aliphatic heterocycles. The Kier molecular flexibility index (Phi) is 4.68. The number of carbonyl (C=O) groups excluding carboxylic acids is 1. The third-order valence-corrected chi connectivity index (χ3v) is 3.21. The lowest BCUT2D eigenvalue weighted by atomic mass is 10.1. The van der Waals surface area contributed by atoms with E-state index in [1.807, 2.05) is 0 Å². The number of halogens is 5. The summed E-state index contributed by atoms with van der Waals surface area (Å²) in [7, 11) is 0. The second-order valence-corrected chi connectivity index (χ2v) is 4.97.